The van der Waals surface area contributed by atoms with E-state index in [0.29, 0.717) is 17.0 Å². The van der Waals surface area contributed by atoms with Gasteiger partial charge in [-0.15, -0.1) is 0 Å². The Morgan fingerprint density at radius 3 is 2.26 bits per heavy atom. The molecule has 1 aromatic heterocycles. The molecular formula is C27H28N2O4S. The summed E-state index contributed by atoms with van der Waals surface area (Å²) in [6.45, 7) is 8.08. The molecule has 0 spiro atoms. The van der Waals surface area contributed by atoms with E-state index < -0.39 is 16.2 Å². The van der Waals surface area contributed by atoms with Crippen LogP contribution in [0.3, 0.4) is 0 Å². The molecule has 4 aromatic rings. The lowest BCUT2D eigenvalue weighted by Crippen LogP contribution is -2.20. The highest BCUT2D eigenvalue weighted by molar-refractivity contribution is 7.86. The SMILES string of the molecule is Cc1ccccc1S(=O)(=O)OC(COc1ncnc2ccccc12)c1ccc(C(C)(C)C)cc1. The van der Waals surface area contributed by atoms with E-state index in [-0.39, 0.29) is 16.9 Å². The summed E-state index contributed by atoms with van der Waals surface area (Å²) in [7, 11) is -4.04. The van der Waals surface area contributed by atoms with Crippen molar-refractivity contribution in [3.8, 4) is 5.88 Å². The summed E-state index contributed by atoms with van der Waals surface area (Å²) in [5.41, 5.74) is 3.17. The molecule has 1 unspecified atom stereocenters. The predicted octanol–water partition coefficient (Wildman–Crippen LogP) is 5.76. The van der Waals surface area contributed by atoms with E-state index in [1.807, 2.05) is 48.5 Å². The quantitative estimate of drug-likeness (QED) is 0.316. The van der Waals surface area contributed by atoms with E-state index in [1.165, 1.54) is 6.33 Å². The number of nitrogens with zero attached hydrogens (tertiary/aromatic N) is 2. The van der Waals surface area contributed by atoms with E-state index in [9.17, 15) is 8.42 Å². The number of aromatic nitrogens is 2. The first kappa shape index (κ1) is 23.9. The smallest absolute Gasteiger partial charge is 0.297 e. The van der Waals surface area contributed by atoms with Crippen molar-refractivity contribution in [1.82, 2.24) is 9.97 Å². The second-order valence-electron chi connectivity index (χ2n) is 9.18. The van der Waals surface area contributed by atoms with E-state index in [2.05, 4.69) is 30.7 Å². The van der Waals surface area contributed by atoms with Crippen LogP contribution < -0.4 is 4.74 Å². The summed E-state index contributed by atoms with van der Waals surface area (Å²) in [6.07, 6.45) is 0.558. The molecule has 0 fully saturated rings. The van der Waals surface area contributed by atoms with Crippen molar-refractivity contribution in [1.29, 1.82) is 0 Å². The van der Waals surface area contributed by atoms with Gasteiger partial charge in [-0.05, 0) is 47.2 Å². The fourth-order valence-corrected chi connectivity index (χ4v) is 4.95. The predicted molar refractivity (Wildman–Crippen MR) is 132 cm³/mol. The molecule has 0 N–H and O–H groups in total. The van der Waals surface area contributed by atoms with Gasteiger partial charge in [-0.3, -0.25) is 4.18 Å². The summed E-state index contributed by atoms with van der Waals surface area (Å²) < 4.78 is 38.1. The van der Waals surface area contributed by atoms with E-state index in [0.717, 1.165) is 16.5 Å². The van der Waals surface area contributed by atoms with Crippen molar-refractivity contribution >= 4 is 21.0 Å². The Hall–Kier alpha value is -3.29. The van der Waals surface area contributed by atoms with Gasteiger partial charge in [0.05, 0.1) is 15.8 Å². The molecule has 0 amide bonds. The Bertz CT molecular complexity index is 1390. The molecule has 176 valence electrons. The number of fused-ring (bicyclic) bond motifs is 1. The van der Waals surface area contributed by atoms with Crippen molar-refractivity contribution in [3.05, 3.63) is 95.8 Å². The first-order chi connectivity index (χ1) is 16.1. The van der Waals surface area contributed by atoms with Crippen LogP contribution in [0.5, 0.6) is 5.88 Å². The standard InChI is InChI=1S/C27H28N2O4S/c1-19-9-5-8-12-25(19)34(30,31)33-24(20-13-15-21(16-14-20)27(2,3)4)17-32-26-22-10-6-7-11-23(22)28-18-29-26/h5-16,18,24H,17H2,1-4H3. The minimum absolute atomic E-state index is 0.0293. The summed E-state index contributed by atoms with van der Waals surface area (Å²) in [5.74, 6) is 0.374. The van der Waals surface area contributed by atoms with Crippen molar-refractivity contribution in [2.75, 3.05) is 6.61 Å². The maximum Gasteiger partial charge on any atom is 0.297 e. The second kappa shape index (κ2) is 9.52. The Morgan fingerprint density at radius 1 is 0.882 bits per heavy atom. The molecule has 34 heavy (non-hydrogen) atoms. The zero-order chi connectivity index (χ0) is 24.3. The molecule has 0 radical (unpaired) electrons. The maximum absolute atomic E-state index is 13.2. The van der Waals surface area contributed by atoms with Crippen LogP contribution in [0.4, 0.5) is 0 Å². The van der Waals surface area contributed by atoms with E-state index in [1.54, 1.807) is 31.2 Å². The van der Waals surface area contributed by atoms with Crippen LogP contribution in [0.2, 0.25) is 0 Å². The molecule has 1 atom stereocenters. The number of hydrogen-bond donors (Lipinski definition) is 0. The topological polar surface area (TPSA) is 78.4 Å². The lowest BCUT2D eigenvalue weighted by molar-refractivity contribution is 0.133. The van der Waals surface area contributed by atoms with Crippen LogP contribution in [0.15, 0.2) is 84.0 Å². The third-order valence-corrected chi connectivity index (χ3v) is 7.11. The van der Waals surface area contributed by atoms with Crippen LogP contribution in [0, 0.1) is 6.92 Å². The first-order valence-corrected chi connectivity index (χ1v) is 12.5. The van der Waals surface area contributed by atoms with Gasteiger partial charge in [0.1, 0.15) is 19.0 Å². The molecule has 0 saturated heterocycles. The molecule has 0 saturated carbocycles. The number of benzene rings is 3. The summed E-state index contributed by atoms with van der Waals surface area (Å²) in [5, 5.41) is 0.744. The van der Waals surface area contributed by atoms with Gasteiger partial charge in [0.2, 0.25) is 5.88 Å². The molecule has 1 heterocycles. The lowest BCUT2D eigenvalue weighted by Gasteiger charge is -2.22. The number of para-hydroxylation sites is 1. The molecule has 6 nitrogen and oxygen atoms in total. The van der Waals surface area contributed by atoms with Gasteiger partial charge < -0.3 is 4.74 Å². The largest absolute Gasteiger partial charge is 0.474 e. The summed E-state index contributed by atoms with van der Waals surface area (Å²) in [6, 6.07) is 22.0. The number of ether oxygens (including phenoxy) is 1. The average Bonchev–Trinajstić information content (AvgIpc) is 2.81. The van der Waals surface area contributed by atoms with Crippen LogP contribution in [-0.4, -0.2) is 25.0 Å². The number of hydrogen-bond acceptors (Lipinski definition) is 6. The highest BCUT2D eigenvalue weighted by Crippen LogP contribution is 2.30. The van der Waals surface area contributed by atoms with Gasteiger partial charge >= 0.3 is 0 Å². The highest BCUT2D eigenvalue weighted by atomic mass is 32.2. The van der Waals surface area contributed by atoms with Gasteiger partial charge in [-0.1, -0.05) is 75.4 Å². The third-order valence-electron chi connectivity index (χ3n) is 5.63. The Balaban J connectivity index is 1.67. The van der Waals surface area contributed by atoms with Crippen LogP contribution >= 0.6 is 0 Å². The van der Waals surface area contributed by atoms with Crippen molar-refractivity contribution < 1.29 is 17.3 Å². The minimum atomic E-state index is -4.04. The molecule has 0 aliphatic heterocycles. The molecule has 0 bridgehead atoms. The fraction of sp³-hybridized carbons (Fsp3) is 0.259. The van der Waals surface area contributed by atoms with Gasteiger partial charge in [0.15, 0.2) is 0 Å². The van der Waals surface area contributed by atoms with Crippen molar-refractivity contribution in [2.24, 2.45) is 0 Å². The summed E-state index contributed by atoms with van der Waals surface area (Å²) in [4.78, 5) is 8.64. The van der Waals surface area contributed by atoms with Crippen molar-refractivity contribution in [3.63, 3.8) is 0 Å². The van der Waals surface area contributed by atoms with Gasteiger partial charge in [0, 0.05) is 0 Å². The van der Waals surface area contributed by atoms with Crippen LogP contribution in [0.25, 0.3) is 10.9 Å². The maximum atomic E-state index is 13.2. The van der Waals surface area contributed by atoms with Crippen LogP contribution in [0.1, 0.15) is 43.6 Å². The van der Waals surface area contributed by atoms with Crippen LogP contribution in [-0.2, 0) is 19.7 Å². The first-order valence-electron chi connectivity index (χ1n) is 11.1. The number of aryl methyl sites for hydroxylation is 1. The molecule has 4 rings (SSSR count). The molecule has 0 aliphatic carbocycles. The van der Waals surface area contributed by atoms with Gasteiger partial charge in [0.25, 0.3) is 10.1 Å². The molecule has 0 aliphatic rings. The molecule has 3 aromatic carbocycles. The Kier molecular flexibility index (Phi) is 6.68. The van der Waals surface area contributed by atoms with E-state index >= 15 is 0 Å². The molecule has 7 heteroatoms. The highest BCUT2D eigenvalue weighted by Gasteiger charge is 2.26. The van der Waals surface area contributed by atoms with Crippen molar-refractivity contribution in [2.45, 2.75) is 44.1 Å². The Labute approximate surface area is 200 Å². The van der Waals surface area contributed by atoms with Gasteiger partial charge in [-0.25, -0.2) is 9.97 Å². The summed E-state index contributed by atoms with van der Waals surface area (Å²) >= 11 is 0. The zero-order valence-corrected chi connectivity index (χ0v) is 20.5. The monoisotopic (exact) mass is 476 g/mol. The number of rotatable bonds is 7. The fourth-order valence-electron chi connectivity index (χ4n) is 3.67. The normalized spacial score (nSPS) is 13.1. The molecular weight excluding hydrogens is 448 g/mol. The minimum Gasteiger partial charge on any atom is -0.474 e. The zero-order valence-electron chi connectivity index (χ0n) is 19.7. The lowest BCUT2D eigenvalue weighted by atomic mass is 9.86. The second-order valence-corrected chi connectivity index (χ2v) is 10.7. The van der Waals surface area contributed by atoms with Gasteiger partial charge in [-0.2, -0.15) is 8.42 Å². The average molecular weight is 477 g/mol. The van der Waals surface area contributed by atoms with E-state index in [4.69, 9.17) is 8.92 Å². The third kappa shape index (κ3) is 5.26. The Morgan fingerprint density at radius 2 is 1.56 bits per heavy atom.